The van der Waals surface area contributed by atoms with Crippen LogP contribution >= 0.6 is 0 Å². The predicted octanol–water partition coefficient (Wildman–Crippen LogP) is 2.60. The van der Waals surface area contributed by atoms with E-state index in [0.29, 0.717) is 0 Å². The van der Waals surface area contributed by atoms with Crippen molar-refractivity contribution in [2.24, 2.45) is 0 Å². The molecule has 0 fully saturated rings. The first-order valence-electron chi connectivity index (χ1n) is 4.72. The maximum absolute atomic E-state index is 10.8. The molecule has 0 bridgehead atoms. The van der Waals surface area contributed by atoms with Crippen LogP contribution in [0.2, 0.25) is 0 Å². The average molecular weight is 205 g/mol. The van der Waals surface area contributed by atoms with Gasteiger partial charge in [-0.2, -0.15) is 0 Å². The van der Waals surface area contributed by atoms with Crippen LogP contribution < -0.4 is 10.1 Å². The number of ketones is 1. The van der Waals surface area contributed by atoms with Crippen LogP contribution in [0.15, 0.2) is 36.0 Å². The van der Waals surface area contributed by atoms with Gasteiger partial charge in [0.1, 0.15) is 5.75 Å². The van der Waals surface area contributed by atoms with E-state index in [1.807, 2.05) is 31.2 Å². The van der Waals surface area contributed by atoms with E-state index in [1.165, 1.54) is 6.92 Å². The molecule has 1 aromatic rings. The van der Waals surface area contributed by atoms with Crippen molar-refractivity contribution in [3.05, 3.63) is 36.0 Å². The van der Waals surface area contributed by atoms with Crippen molar-refractivity contribution in [1.29, 1.82) is 0 Å². The molecule has 0 aliphatic heterocycles. The second kappa shape index (κ2) is 5.20. The molecule has 3 heteroatoms. The van der Waals surface area contributed by atoms with Crippen LogP contribution in [-0.2, 0) is 4.79 Å². The fourth-order valence-corrected chi connectivity index (χ4v) is 1.27. The van der Waals surface area contributed by atoms with E-state index in [0.717, 1.165) is 17.1 Å². The number of benzene rings is 1. The Bertz CT molecular complexity index is 383. The van der Waals surface area contributed by atoms with Crippen LogP contribution in [0, 0.1) is 0 Å². The van der Waals surface area contributed by atoms with Gasteiger partial charge in [0.05, 0.1) is 7.11 Å². The third-order valence-electron chi connectivity index (χ3n) is 1.83. The maximum atomic E-state index is 10.8. The van der Waals surface area contributed by atoms with Crippen LogP contribution in [-0.4, -0.2) is 12.9 Å². The number of carbonyl (C=O) groups excluding carboxylic acids is 1. The van der Waals surface area contributed by atoms with E-state index >= 15 is 0 Å². The van der Waals surface area contributed by atoms with E-state index in [1.54, 1.807) is 13.2 Å². The lowest BCUT2D eigenvalue weighted by molar-refractivity contribution is -0.112. The minimum Gasteiger partial charge on any atom is -0.497 e. The molecule has 0 aliphatic rings. The summed E-state index contributed by atoms with van der Waals surface area (Å²) in [4.78, 5) is 10.8. The number of nitrogens with one attached hydrogen (secondary N) is 1. The molecule has 0 saturated carbocycles. The van der Waals surface area contributed by atoms with Crippen molar-refractivity contribution < 1.29 is 9.53 Å². The van der Waals surface area contributed by atoms with Crippen LogP contribution in [0.25, 0.3) is 0 Å². The van der Waals surface area contributed by atoms with Crippen LogP contribution in [0.4, 0.5) is 5.69 Å². The second-order valence-corrected chi connectivity index (χ2v) is 3.29. The Morgan fingerprint density at radius 1 is 1.40 bits per heavy atom. The molecule has 0 saturated heterocycles. The number of allylic oxidation sites excluding steroid dienone is 2. The number of hydrogen-bond acceptors (Lipinski definition) is 3. The molecule has 3 nitrogen and oxygen atoms in total. The number of carbonyl (C=O) groups is 1. The molecule has 0 radical (unpaired) electrons. The lowest BCUT2D eigenvalue weighted by Gasteiger charge is -2.07. The Balaban J connectivity index is 2.76. The fraction of sp³-hybridized carbons (Fsp3) is 0.250. The third kappa shape index (κ3) is 3.85. The molecule has 1 rings (SSSR count). The molecule has 0 spiro atoms. The van der Waals surface area contributed by atoms with E-state index in [2.05, 4.69) is 5.32 Å². The van der Waals surface area contributed by atoms with Crippen molar-refractivity contribution in [2.45, 2.75) is 13.8 Å². The normalized spacial score (nSPS) is 11.0. The Morgan fingerprint density at radius 3 is 2.73 bits per heavy atom. The summed E-state index contributed by atoms with van der Waals surface area (Å²) in [5, 5.41) is 3.11. The molecule has 0 heterocycles. The van der Waals surface area contributed by atoms with Crippen LogP contribution in [0.1, 0.15) is 13.8 Å². The quantitative estimate of drug-likeness (QED) is 0.768. The Morgan fingerprint density at radius 2 is 2.13 bits per heavy atom. The topological polar surface area (TPSA) is 38.3 Å². The highest BCUT2D eigenvalue weighted by Crippen LogP contribution is 2.17. The van der Waals surface area contributed by atoms with Gasteiger partial charge >= 0.3 is 0 Å². The standard InChI is InChI=1S/C12H15NO2/c1-9(7-10(2)14)13-11-5-4-6-12(8-11)15-3/h4-8,13H,1-3H3/b9-7+. The van der Waals surface area contributed by atoms with E-state index in [9.17, 15) is 4.79 Å². The summed E-state index contributed by atoms with van der Waals surface area (Å²) in [5.74, 6) is 0.818. The summed E-state index contributed by atoms with van der Waals surface area (Å²) in [6.45, 7) is 3.37. The van der Waals surface area contributed by atoms with Gasteiger partial charge in [0.15, 0.2) is 5.78 Å². The second-order valence-electron chi connectivity index (χ2n) is 3.29. The number of ether oxygens (including phenoxy) is 1. The lowest BCUT2D eigenvalue weighted by Crippen LogP contribution is -1.98. The van der Waals surface area contributed by atoms with Crippen molar-refractivity contribution >= 4 is 11.5 Å². The summed E-state index contributed by atoms with van der Waals surface area (Å²) >= 11 is 0. The van der Waals surface area contributed by atoms with Crippen molar-refractivity contribution in [3.8, 4) is 5.75 Å². The minimum absolute atomic E-state index is 0.0305. The van der Waals surface area contributed by atoms with Gasteiger partial charge in [-0.25, -0.2) is 0 Å². The summed E-state index contributed by atoms with van der Waals surface area (Å²) < 4.78 is 5.09. The summed E-state index contributed by atoms with van der Waals surface area (Å²) in [6.07, 6.45) is 1.56. The summed E-state index contributed by atoms with van der Waals surface area (Å²) in [6, 6.07) is 7.55. The Kier molecular flexibility index (Phi) is 3.92. The van der Waals surface area contributed by atoms with E-state index in [-0.39, 0.29) is 5.78 Å². The van der Waals surface area contributed by atoms with Crippen LogP contribution in [0.3, 0.4) is 0 Å². The third-order valence-corrected chi connectivity index (χ3v) is 1.83. The zero-order valence-corrected chi connectivity index (χ0v) is 9.20. The highest BCUT2D eigenvalue weighted by atomic mass is 16.5. The average Bonchev–Trinajstić information content (AvgIpc) is 2.16. The molecule has 0 amide bonds. The summed E-state index contributed by atoms with van der Waals surface area (Å²) in [5.41, 5.74) is 1.72. The van der Waals surface area contributed by atoms with Gasteiger partial charge in [-0.15, -0.1) is 0 Å². The SMILES string of the molecule is COc1cccc(N/C(C)=C/C(C)=O)c1. The number of anilines is 1. The molecule has 0 unspecified atom stereocenters. The molecule has 0 aliphatic carbocycles. The van der Waals surface area contributed by atoms with Gasteiger partial charge in [-0.1, -0.05) is 6.07 Å². The monoisotopic (exact) mass is 205 g/mol. The minimum atomic E-state index is 0.0305. The largest absolute Gasteiger partial charge is 0.497 e. The lowest BCUT2D eigenvalue weighted by atomic mass is 10.2. The Labute approximate surface area is 89.8 Å². The molecular weight excluding hydrogens is 190 g/mol. The molecule has 80 valence electrons. The smallest absolute Gasteiger partial charge is 0.154 e. The van der Waals surface area contributed by atoms with Gasteiger partial charge in [-0.3, -0.25) is 4.79 Å². The van der Waals surface area contributed by atoms with Gasteiger partial charge in [0, 0.05) is 17.5 Å². The van der Waals surface area contributed by atoms with Crippen molar-refractivity contribution in [1.82, 2.24) is 0 Å². The van der Waals surface area contributed by atoms with Crippen molar-refractivity contribution in [3.63, 3.8) is 0 Å². The Hall–Kier alpha value is -1.77. The predicted molar refractivity (Wildman–Crippen MR) is 61.1 cm³/mol. The number of hydrogen-bond donors (Lipinski definition) is 1. The first-order valence-corrected chi connectivity index (χ1v) is 4.72. The van der Waals surface area contributed by atoms with Gasteiger partial charge in [-0.05, 0) is 32.1 Å². The van der Waals surface area contributed by atoms with Gasteiger partial charge in [0.2, 0.25) is 0 Å². The van der Waals surface area contributed by atoms with Crippen molar-refractivity contribution in [2.75, 3.05) is 12.4 Å². The molecular formula is C12H15NO2. The molecule has 0 aromatic heterocycles. The highest BCUT2D eigenvalue weighted by Gasteiger charge is 1.96. The number of rotatable bonds is 4. The zero-order valence-electron chi connectivity index (χ0n) is 9.20. The highest BCUT2D eigenvalue weighted by molar-refractivity contribution is 5.88. The molecule has 1 N–H and O–H groups in total. The molecule has 0 atom stereocenters. The molecule has 15 heavy (non-hydrogen) atoms. The summed E-state index contributed by atoms with van der Waals surface area (Å²) in [7, 11) is 1.62. The first kappa shape index (κ1) is 11.3. The fourth-order valence-electron chi connectivity index (χ4n) is 1.27. The zero-order chi connectivity index (χ0) is 11.3. The van der Waals surface area contributed by atoms with Gasteiger partial charge in [0.25, 0.3) is 0 Å². The van der Waals surface area contributed by atoms with Crippen LogP contribution in [0.5, 0.6) is 5.75 Å². The van der Waals surface area contributed by atoms with E-state index < -0.39 is 0 Å². The maximum Gasteiger partial charge on any atom is 0.154 e. The molecule has 1 aromatic carbocycles. The van der Waals surface area contributed by atoms with Gasteiger partial charge < -0.3 is 10.1 Å². The number of methoxy groups -OCH3 is 1. The van der Waals surface area contributed by atoms with E-state index in [4.69, 9.17) is 4.74 Å². The first-order chi connectivity index (χ1) is 7.11.